The van der Waals surface area contributed by atoms with Crippen LogP contribution in [-0.2, 0) is 6.54 Å². The van der Waals surface area contributed by atoms with Crippen molar-refractivity contribution in [3.63, 3.8) is 0 Å². The lowest BCUT2D eigenvalue weighted by Crippen LogP contribution is -2.21. The topological polar surface area (TPSA) is 25.2 Å². The van der Waals surface area contributed by atoms with E-state index in [0.29, 0.717) is 5.41 Å². The highest BCUT2D eigenvalue weighted by molar-refractivity contribution is 5.77. The average molecular weight is 215 g/mol. The van der Waals surface area contributed by atoms with Crippen molar-refractivity contribution in [2.45, 2.75) is 26.3 Å². The maximum atomic E-state index is 5.74. The second kappa shape index (κ2) is 3.63. The van der Waals surface area contributed by atoms with Gasteiger partial charge in [0.1, 0.15) is 11.3 Å². The van der Waals surface area contributed by atoms with E-state index in [9.17, 15) is 0 Å². The monoisotopic (exact) mass is 215 g/mol. The number of hydrogen-bond acceptors (Lipinski definition) is 2. The summed E-state index contributed by atoms with van der Waals surface area (Å²) in [6.07, 6.45) is 2.72. The highest BCUT2D eigenvalue weighted by Gasteiger charge is 2.36. The summed E-state index contributed by atoms with van der Waals surface area (Å²) >= 11 is 0. The zero-order chi connectivity index (χ0) is 11.0. The summed E-state index contributed by atoms with van der Waals surface area (Å²) < 4.78 is 5.74. The van der Waals surface area contributed by atoms with Gasteiger partial charge in [-0.15, -0.1) is 0 Å². The molecule has 1 aromatic heterocycles. The van der Waals surface area contributed by atoms with Gasteiger partial charge < -0.3 is 9.73 Å². The fraction of sp³-hybridized carbons (Fsp3) is 0.429. The minimum absolute atomic E-state index is 0.562. The van der Waals surface area contributed by atoms with Crippen molar-refractivity contribution < 1.29 is 4.42 Å². The van der Waals surface area contributed by atoms with Crippen molar-refractivity contribution in [3.8, 4) is 0 Å². The van der Waals surface area contributed by atoms with Crippen LogP contribution in [-0.4, -0.2) is 6.54 Å². The highest BCUT2D eigenvalue weighted by atomic mass is 16.3. The van der Waals surface area contributed by atoms with E-state index in [1.54, 1.807) is 0 Å². The molecule has 0 bridgehead atoms. The number of hydrogen-bond donors (Lipinski definition) is 1. The van der Waals surface area contributed by atoms with Crippen LogP contribution in [0.15, 0.2) is 34.7 Å². The smallest absolute Gasteiger partial charge is 0.134 e. The van der Waals surface area contributed by atoms with Crippen LogP contribution in [0.5, 0.6) is 0 Å². The largest absolute Gasteiger partial charge is 0.460 e. The minimum atomic E-state index is 0.562. The van der Waals surface area contributed by atoms with Gasteiger partial charge in [0.25, 0.3) is 0 Å². The number of para-hydroxylation sites is 1. The first-order valence-electron chi connectivity index (χ1n) is 5.93. The molecule has 1 aromatic carbocycles. The van der Waals surface area contributed by atoms with E-state index in [1.165, 1.54) is 18.2 Å². The molecule has 16 heavy (non-hydrogen) atoms. The molecule has 0 saturated heterocycles. The summed E-state index contributed by atoms with van der Waals surface area (Å²) in [6, 6.07) is 10.3. The molecule has 1 fully saturated rings. The Labute approximate surface area is 95.6 Å². The number of fused-ring (bicyclic) bond motifs is 1. The van der Waals surface area contributed by atoms with Crippen LogP contribution < -0.4 is 5.32 Å². The van der Waals surface area contributed by atoms with Gasteiger partial charge in [-0.3, -0.25) is 0 Å². The van der Waals surface area contributed by atoms with Gasteiger partial charge in [-0.25, -0.2) is 0 Å². The molecule has 2 aromatic rings. The zero-order valence-electron chi connectivity index (χ0n) is 9.62. The van der Waals surface area contributed by atoms with Crippen molar-refractivity contribution >= 4 is 11.0 Å². The van der Waals surface area contributed by atoms with E-state index in [1.807, 2.05) is 18.2 Å². The first-order chi connectivity index (χ1) is 7.75. The second-order valence-electron chi connectivity index (χ2n) is 5.16. The Kier molecular flexibility index (Phi) is 2.25. The number of rotatable bonds is 4. The molecular formula is C14H17NO. The standard InChI is InChI=1S/C14H17NO/c1-14(6-7-14)10-15-9-12-8-11-4-2-3-5-13(11)16-12/h2-5,8,15H,6-7,9-10H2,1H3. The van der Waals surface area contributed by atoms with Crippen molar-refractivity contribution in [1.82, 2.24) is 5.32 Å². The van der Waals surface area contributed by atoms with Crippen LogP contribution in [0.25, 0.3) is 11.0 Å². The molecule has 1 N–H and O–H groups in total. The lowest BCUT2D eigenvalue weighted by molar-refractivity contribution is 0.460. The normalized spacial score (nSPS) is 17.8. The van der Waals surface area contributed by atoms with Crippen LogP contribution in [0.2, 0.25) is 0 Å². The molecular weight excluding hydrogens is 198 g/mol. The first-order valence-corrected chi connectivity index (χ1v) is 5.93. The Morgan fingerprint density at radius 1 is 1.31 bits per heavy atom. The minimum Gasteiger partial charge on any atom is -0.460 e. The molecule has 3 rings (SSSR count). The fourth-order valence-electron chi connectivity index (χ4n) is 2.00. The lowest BCUT2D eigenvalue weighted by atomic mass is 10.1. The average Bonchev–Trinajstić information content (AvgIpc) is 2.87. The molecule has 1 heterocycles. The molecule has 0 aliphatic heterocycles. The van der Waals surface area contributed by atoms with E-state index in [4.69, 9.17) is 4.42 Å². The molecule has 2 heteroatoms. The van der Waals surface area contributed by atoms with E-state index < -0.39 is 0 Å². The fourth-order valence-corrected chi connectivity index (χ4v) is 2.00. The molecule has 0 atom stereocenters. The van der Waals surface area contributed by atoms with Gasteiger partial charge in [0.15, 0.2) is 0 Å². The Balaban J connectivity index is 1.65. The van der Waals surface area contributed by atoms with E-state index in [2.05, 4.69) is 24.4 Å². The van der Waals surface area contributed by atoms with Crippen molar-refractivity contribution in [2.75, 3.05) is 6.54 Å². The first kappa shape index (κ1) is 9.91. The quantitative estimate of drug-likeness (QED) is 0.846. The highest BCUT2D eigenvalue weighted by Crippen LogP contribution is 2.44. The zero-order valence-corrected chi connectivity index (χ0v) is 9.62. The predicted molar refractivity (Wildman–Crippen MR) is 65.3 cm³/mol. The molecule has 1 saturated carbocycles. The van der Waals surface area contributed by atoms with Crippen molar-refractivity contribution in [2.24, 2.45) is 5.41 Å². The Morgan fingerprint density at radius 2 is 2.12 bits per heavy atom. The van der Waals surface area contributed by atoms with Crippen LogP contribution in [0.1, 0.15) is 25.5 Å². The van der Waals surface area contributed by atoms with Crippen molar-refractivity contribution in [1.29, 1.82) is 0 Å². The molecule has 0 unspecified atom stereocenters. The molecule has 0 spiro atoms. The summed E-state index contributed by atoms with van der Waals surface area (Å²) in [5, 5.41) is 4.66. The molecule has 84 valence electrons. The van der Waals surface area contributed by atoms with Gasteiger partial charge in [0.2, 0.25) is 0 Å². The van der Waals surface area contributed by atoms with Crippen LogP contribution in [0, 0.1) is 5.41 Å². The summed E-state index contributed by atoms with van der Waals surface area (Å²) in [6.45, 7) is 4.27. The molecule has 2 nitrogen and oxygen atoms in total. The van der Waals surface area contributed by atoms with Crippen molar-refractivity contribution in [3.05, 3.63) is 36.1 Å². The number of benzene rings is 1. The third-order valence-corrected chi connectivity index (χ3v) is 3.43. The van der Waals surface area contributed by atoms with E-state index >= 15 is 0 Å². The number of furan rings is 1. The molecule has 1 aliphatic rings. The third kappa shape index (κ3) is 1.98. The lowest BCUT2D eigenvalue weighted by Gasteiger charge is -2.07. The predicted octanol–water partition coefficient (Wildman–Crippen LogP) is 3.32. The summed E-state index contributed by atoms with van der Waals surface area (Å²) in [4.78, 5) is 0. The Bertz CT molecular complexity index is 463. The maximum Gasteiger partial charge on any atom is 0.134 e. The Morgan fingerprint density at radius 3 is 2.88 bits per heavy atom. The maximum absolute atomic E-state index is 5.74. The van der Waals surface area contributed by atoms with Gasteiger partial charge in [-0.1, -0.05) is 25.1 Å². The van der Waals surface area contributed by atoms with Gasteiger partial charge in [0, 0.05) is 11.9 Å². The van der Waals surface area contributed by atoms with E-state index in [-0.39, 0.29) is 0 Å². The van der Waals surface area contributed by atoms with Gasteiger partial charge in [-0.2, -0.15) is 0 Å². The van der Waals surface area contributed by atoms with Gasteiger partial charge in [0.05, 0.1) is 6.54 Å². The van der Waals surface area contributed by atoms with Gasteiger partial charge in [-0.05, 0) is 30.4 Å². The van der Waals surface area contributed by atoms with Crippen LogP contribution >= 0.6 is 0 Å². The van der Waals surface area contributed by atoms with E-state index in [0.717, 1.165) is 24.4 Å². The second-order valence-corrected chi connectivity index (χ2v) is 5.16. The molecule has 0 radical (unpaired) electrons. The SMILES string of the molecule is CC1(CNCc2cc3ccccc3o2)CC1. The summed E-state index contributed by atoms with van der Waals surface area (Å²) in [5.74, 6) is 1.03. The summed E-state index contributed by atoms with van der Waals surface area (Å²) in [7, 11) is 0. The van der Waals surface area contributed by atoms with Crippen LogP contribution in [0.3, 0.4) is 0 Å². The van der Waals surface area contributed by atoms with Crippen LogP contribution in [0.4, 0.5) is 0 Å². The van der Waals surface area contributed by atoms with Gasteiger partial charge >= 0.3 is 0 Å². The Hall–Kier alpha value is -1.28. The third-order valence-electron chi connectivity index (χ3n) is 3.43. The molecule has 0 amide bonds. The summed E-state index contributed by atoms with van der Waals surface area (Å²) in [5.41, 5.74) is 1.54. The molecule has 1 aliphatic carbocycles. The number of nitrogens with one attached hydrogen (secondary N) is 1.